The zero-order valence-corrected chi connectivity index (χ0v) is 20.9. The summed E-state index contributed by atoms with van der Waals surface area (Å²) in [7, 11) is 1.55. The van der Waals surface area contributed by atoms with Gasteiger partial charge in [0.15, 0.2) is 0 Å². The molecular weight excluding hydrogens is 466 g/mol. The van der Waals surface area contributed by atoms with Crippen molar-refractivity contribution in [2.24, 2.45) is 17.3 Å². The lowest BCUT2D eigenvalue weighted by Gasteiger charge is -2.38. The van der Waals surface area contributed by atoms with Crippen LogP contribution in [0.3, 0.4) is 0 Å². The quantitative estimate of drug-likeness (QED) is 0.454. The second-order valence-electron chi connectivity index (χ2n) is 11.0. The number of alkyl halides is 1. The van der Waals surface area contributed by atoms with Gasteiger partial charge >= 0.3 is 0 Å². The number of halogens is 1. The van der Waals surface area contributed by atoms with Crippen molar-refractivity contribution in [3.63, 3.8) is 0 Å². The highest BCUT2D eigenvalue weighted by atomic mass is 79.9. The number of carbonyl (C=O) groups is 3. The zero-order valence-electron chi connectivity index (χ0n) is 19.3. The van der Waals surface area contributed by atoms with Crippen LogP contribution in [0.4, 0.5) is 0 Å². The molecule has 176 valence electrons. The molecule has 3 unspecified atom stereocenters. The Balaban J connectivity index is 1.97. The van der Waals surface area contributed by atoms with Crippen molar-refractivity contribution in [2.45, 2.75) is 82.0 Å². The van der Waals surface area contributed by atoms with Crippen LogP contribution in [0.15, 0.2) is 0 Å². The van der Waals surface area contributed by atoms with Crippen molar-refractivity contribution < 1.29 is 24.2 Å². The molecule has 0 aliphatic carbocycles. The Hall–Kier alpha value is -1.19. The Bertz CT molecular complexity index is 752. The van der Waals surface area contributed by atoms with Gasteiger partial charge in [0.2, 0.25) is 17.7 Å². The lowest BCUT2D eigenvalue weighted by Crippen LogP contribution is -2.59. The van der Waals surface area contributed by atoms with E-state index in [2.05, 4.69) is 47.3 Å². The molecule has 3 saturated heterocycles. The number of rotatable bonds is 7. The van der Waals surface area contributed by atoms with Gasteiger partial charge in [-0.05, 0) is 38.5 Å². The van der Waals surface area contributed by atoms with Gasteiger partial charge in [0.05, 0.1) is 17.9 Å². The largest absolute Gasteiger partial charge is 0.396 e. The minimum atomic E-state index is -1.05. The number of carbonyl (C=O) groups excluding carboxylic acids is 3. The molecule has 3 fully saturated rings. The number of aliphatic hydroxyl groups is 1. The highest BCUT2D eigenvalue weighted by molar-refractivity contribution is 9.09. The number of ether oxygens (including phenoxy) is 1. The summed E-state index contributed by atoms with van der Waals surface area (Å²) in [5.74, 6) is -2.09. The SMILES string of the molecule is CNC(=O)[C@H]1[C@@H]2OC3(CC2Br)C(C(=O)NC(C)(C)CC(C)(C)C)N(CCCO)C(=O)[C@H]13. The number of fused-ring (bicyclic) bond motifs is 1. The summed E-state index contributed by atoms with van der Waals surface area (Å²) >= 11 is 3.63. The molecule has 0 aromatic heterocycles. The fraction of sp³-hybridized carbons (Fsp3) is 0.864. The monoisotopic (exact) mass is 501 g/mol. The zero-order chi connectivity index (χ0) is 23.4. The van der Waals surface area contributed by atoms with E-state index < -0.39 is 35.1 Å². The molecular formula is C22H36BrN3O5. The normalized spacial score (nSPS) is 34.8. The van der Waals surface area contributed by atoms with Crippen LogP contribution in [0.25, 0.3) is 0 Å². The van der Waals surface area contributed by atoms with Gasteiger partial charge in [-0.25, -0.2) is 0 Å². The summed E-state index contributed by atoms with van der Waals surface area (Å²) in [6, 6.07) is -0.838. The van der Waals surface area contributed by atoms with Crippen molar-refractivity contribution in [3.8, 4) is 0 Å². The number of likely N-dealkylation sites (tertiary alicyclic amines) is 1. The van der Waals surface area contributed by atoms with Crippen LogP contribution >= 0.6 is 15.9 Å². The van der Waals surface area contributed by atoms with E-state index in [4.69, 9.17) is 4.74 Å². The van der Waals surface area contributed by atoms with Crippen molar-refractivity contribution in [1.82, 2.24) is 15.5 Å². The summed E-state index contributed by atoms with van der Waals surface area (Å²) in [6.07, 6.45) is 1.14. The van der Waals surface area contributed by atoms with E-state index >= 15 is 0 Å². The molecule has 0 aromatic rings. The number of nitrogens with one attached hydrogen (secondary N) is 2. The lowest BCUT2D eigenvalue weighted by molar-refractivity contribution is -0.143. The molecule has 3 amide bonds. The van der Waals surface area contributed by atoms with E-state index in [1.165, 1.54) is 4.90 Å². The van der Waals surface area contributed by atoms with Gasteiger partial charge in [-0.2, -0.15) is 0 Å². The number of nitrogens with zero attached hydrogens (tertiary/aromatic N) is 1. The maximum absolute atomic E-state index is 13.7. The molecule has 0 saturated carbocycles. The molecule has 31 heavy (non-hydrogen) atoms. The van der Waals surface area contributed by atoms with E-state index in [1.807, 2.05) is 13.8 Å². The molecule has 9 heteroatoms. The van der Waals surface area contributed by atoms with Crippen molar-refractivity contribution in [3.05, 3.63) is 0 Å². The first-order valence-corrected chi connectivity index (χ1v) is 12.0. The maximum Gasteiger partial charge on any atom is 0.246 e. The molecule has 3 N–H and O–H groups in total. The molecule has 3 aliphatic heterocycles. The average molecular weight is 502 g/mol. The highest BCUT2D eigenvalue weighted by Crippen LogP contribution is 2.60. The molecule has 0 radical (unpaired) electrons. The Morgan fingerprint density at radius 2 is 1.90 bits per heavy atom. The predicted molar refractivity (Wildman–Crippen MR) is 119 cm³/mol. The summed E-state index contributed by atoms with van der Waals surface area (Å²) < 4.78 is 6.37. The van der Waals surface area contributed by atoms with Crippen LogP contribution in [0.2, 0.25) is 0 Å². The molecule has 3 heterocycles. The molecule has 3 aliphatic rings. The van der Waals surface area contributed by atoms with Gasteiger partial charge in [-0.1, -0.05) is 36.7 Å². The van der Waals surface area contributed by atoms with Crippen LogP contribution in [0, 0.1) is 17.3 Å². The predicted octanol–water partition coefficient (Wildman–Crippen LogP) is 1.19. The first-order valence-electron chi connectivity index (χ1n) is 11.0. The minimum absolute atomic E-state index is 0.00719. The minimum Gasteiger partial charge on any atom is -0.396 e. The maximum atomic E-state index is 13.7. The third kappa shape index (κ3) is 4.25. The molecule has 3 rings (SSSR count). The van der Waals surface area contributed by atoms with Crippen LogP contribution in [-0.4, -0.2) is 76.0 Å². The fourth-order valence-corrected chi connectivity index (χ4v) is 7.09. The molecule has 1 spiro atoms. The van der Waals surface area contributed by atoms with Crippen molar-refractivity contribution >= 4 is 33.7 Å². The number of hydrogen-bond donors (Lipinski definition) is 3. The third-order valence-electron chi connectivity index (χ3n) is 6.58. The Morgan fingerprint density at radius 1 is 1.26 bits per heavy atom. The summed E-state index contributed by atoms with van der Waals surface area (Å²) in [6.45, 7) is 10.5. The van der Waals surface area contributed by atoms with Crippen LogP contribution < -0.4 is 10.6 Å². The molecule has 8 nitrogen and oxygen atoms in total. The van der Waals surface area contributed by atoms with E-state index in [9.17, 15) is 19.5 Å². The third-order valence-corrected chi connectivity index (χ3v) is 7.42. The van der Waals surface area contributed by atoms with Crippen LogP contribution in [0.5, 0.6) is 0 Å². The summed E-state index contributed by atoms with van der Waals surface area (Å²) in [4.78, 5) is 41.3. The number of amides is 3. The highest BCUT2D eigenvalue weighted by Gasteiger charge is 2.76. The fourth-order valence-electron chi connectivity index (χ4n) is 6.15. The van der Waals surface area contributed by atoms with Gasteiger partial charge in [0.25, 0.3) is 0 Å². The number of aliphatic hydroxyl groups excluding tert-OH is 1. The first-order chi connectivity index (χ1) is 14.3. The van der Waals surface area contributed by atoms with Gasteiger partial charge in [-0.15, -0.1) is 0 Å². The van der Waals surface area contributed by atoms with E-state index in [1.54, 1.807) is 7.05 Å². The smallest absolute Gasteiger partial charge is 0.246 e. The first kappa shape index (κ1) is 24.5. The molecule has 0 aromatic carbocycles. The van der Waals surface area contributed by atoms with Crippen LogP contribution in [0.1, 0.15) is 53.9 Å². The molecule has 2 bridgehead atoms. The topological polar surface area (TPSA) is 108 Å². The summed E-state index contributed by atoms with van der Waals surface area (Å²) in [5, 5.41) is 15.2. The van der Waals surface area contributed by atoms with Gasteiger partial charge in [0, 0.05) is 30.6 Å². The Labute approximate surface area is 193 Å². The van der Waals surface area contributed by atoms with Crippen molar-refractivity contribution in [1.29, 1.82) is 0 Å². The van der Waals surface area contributed by atoms with Crippen LogP contribution in [-0.2, 0) is 19.1 Å². The summed E-state index contributed by atoms with van der Waals surface area (Å²) in [5.41, 5.74) is -1.53. The van der Waals surface area contributed by atoms with Crippen molar-refractivity contribution in [2.75, 3.05) is 20.2 Å². The van der Waals surface area contributed by atoms with Gasteiger partial charge < -0.3 is 25.4 Å². The second kappa shape index (κ2) is 8.30. The standard InChI is InChI=1S/C22H36BrN3O5/c1-20(2,3)11-21(4,5)25-18(29)16-22-10-12(23)15(31-22)13(17(28)24-6)14(22)19(30)26(16)8-7-9-27/h12-16,27H,7-11H2,1-6H3,(H,24,28)(H,25,29)/t12?,13-,14+,15-,16?,22?/m1/s1. The Morgan fingerprint density at radius 3 is 2.45 bits per heavy atom. The number of hydrogen-bond acceptors (Lipinski definition) is 5. The average Bonchev–Trinajstić information content (AvgIpc) is 3.20. The second-order valence-corrected chi connectivity index (χ2v) is 12.2. The van der Waals surface area contributed by atoms with E-state index in [0.717, 1.165) is 6.42 Å². The van der Waals surface area contributed by atoms with E-state index in [0.29, 0.717) is 12.8 Å². The lowest BCUT2D eigenvalue weighted by atomic mass is 9.70. The van der Waals surface area contributed by atoms with E-state index in [-0.39, 0.29) is 41.1 Å². The Kier molecular flexibility index (Phi) is 6.55. The molecule has 6 atom stereocenters. The van der Waals surface area contributed by atoms with Gasteiger partial charge in [-0.3, -0.25) is 14.4 Å². The van der Waals surface area contributed by atoms with Gasteiger partial charge in [0.1, 0.15) is 11.6 Å².